The van der Waals surface area contributed by atoms with Crippen LogP contribution in [0.5, 0.6) is 17.2 Å². The molecule has 2 heterocycles. The maximum atomic E-state index is 13.5. The number of rotatable bonds is 5. The van der Waals surface area contributed by atoms with Gasteiger partial charge in [-0.2, -0.15) is 5.26 Å². The molecule has 1 saturated heterocycles. The number of carbonyl (C=O) groups is 2. The molecule has 0 spiro atoms. The molecule has 0 bridgehead atoms. The molecule has 38 heavy (non-hydrogen) atoms. The number of likely N-dealkylation sites (N-methyl/N-ethyl adjacent to an activating group) is 1. The Bertz CT molecular complexity index is 1510. The van der Waals surface area contributed by atoms with Crippen molar-refractivity contribution in [2.45, 2.75) is 6.04 Å². The van der Waals surface area contributed by atoms with Crippen molar-refractivity contribution in [2.24, 2.45) is 0 Å². The van der Waals surface area contributed by atoms with Crippen LogP contribution < -0.4 is 24.0 Å². The van der Waals surface area contributed by atoms with Crippen LogP contribution in [0.25, 0.3) is 5.76 Å². The van der Waals surface area contributed by atoms with Crippen LogP contribution in [0, 0.1) is 11.3 Å². The Morgan fingerprint density at radius 3 is 2.45 bits per heavy atom. The molecule has 192 valence electrons. The maximum absolute atomic E-state index is 13.5. The number of ether oxygens (including phenoxy) is 3. The SMILES string of the molecule is COc1ccc(C2/C(=C(\O)c3ccc4c(c3)N(C)CCO4)C(=O)C(=O)N2c2ccc(C#N)cc2)cc1OC. The van der Waals surface area contributed by atoms with Gasteiger partial charge in [0.2, 0.25) is 0 Å². The van der Waals surface area contributed by atoms with E-state index in [4.69, 9.17) is 14.2 Å². The standard InChI is InChI=1S/C29H25N3O6/c1-31-12-13-38-22-10-7-19(14-21(22)31)27(33)25-26(18-6-11-23(36-2)24(15-18)37-3)32(29(35)28(25)34)20-8-4-17(16-30)5-9-20/h4-11,14-15,26,33H,12-13H2,1-3H3/b27-25+. The van der Waals surface area contributed by atoms with Gasteiger partial charge in [-0.3, -0.25) is 14.5 Å². The van der Waals surface area contributed by atoms with Crippen molar-refractivity contribution in [3.63, 3.8) is 0 Å². The highest BCUT2D eigenvalue weighted by Crippen LogP contribution is 2.45. The fourth-order valence-electron chi connectivity index (χ4n) is 4.79. The van der Waals surface area contributed by atoms with Crippen molar-refractivity contribution in [2.75, 3.05) is 44.2 Å². The molecule has 1 N–H and O–H groups in total. The second kappa shape index (κ2) is 9.82. The minimum absolute atomic E-state index is 0.0640. The van der Waals surface area contributed by atoms with Crippen molar-refractivity contribution in [3.05, 3.63) is 82.9 Å². The summed E-state index contributed by atoms with van der Waals surface area (Å²) in [6, 6.07) is 17.6. The smallest absolute Gasteiger partial charge is 0.300 e. The van der Waals surface area contributed by atoms with Gasteiger partial charge in [-0.25, -0.2) is 0 Å². The maximum Gasteiger partial charge on any atom is 0.300 e. The third kappa shape index (κ3) is 4.06. The van der Waals surface area contributed by atoms with Crippen LogP contribution in [0.4, 0.5) is 11.4 Å². The van der Waals surface area contributed by atoms with Gasteiger partial charge >= 0.3 is 0 Å². The van der Waals surface area contributed by atoms with Crippen LogP contribution >= 0.6 is 0 Å². The van der Waals surface area contributed by atoms with E-state index in [2.05, 4.69) is 0 Å². The number of benzene rings is 3. The summed E-state index contributed by atoms with van der Waals surface area (Å²) in [5, 5.41) is 20.7. The molecule has 1 atom stereocenters. The zero-order chi connectivity index (χ0) is 27.0. The Labute approximate surface area is 219 Å². The summed E-state index contributed by atoms with van der Waals surface area (Å²) in [5.74, 6) is -0.374. The molecule has 1 amide bonds. The number of anilines is 2. The van der Waals surface area contributed by atoms with Crippen LogP contribution in [0.3, 0.4) is 0 Å². The number of nitrogens with zero attached hydrogens (tertiary/aromatic N) is 3. The van der Waals surface area contributed by atoms with Gasteiger partial charge in [0.25, 0.3) is 11.7 Å². The zero-order valence-corrected chi connectivity index (χ0v) is 21.1. The summed E-state index contributed by atoms with van der Waals surface area (Å²) in [4.78, 5) is 30.2. The van der Waals surface area contributed by atoms with Crippen LogP contribution in [-0.2, 0) is 9.59 Å². The van der Waals surface area contributed by atoms with Gasteiger partial charge in [-0.05, 0) is 60.2 Å². The fourth-order valence-corrected chi connectivity index (χ4v) is 4.79. The molecule has 9 nitrogen and oxygen atoms in total. The zero-order valence-electron chi connectivity index (χ0n) is 21.1. The van der Waals surface area contributed by atoms with Gasteiger partial charge in [0.1, 0.15) is 18.1 Å². The molecule has 2 aliphatic rings. The molecule has 0 radical (unpaired) electrons. The van der Waals surface area contributed by atoms with E-state index in [0.29, 0.717) is 52.8 Å². The Balaban J connectivity index is 1.71. The minimum Gasteiger partial charge on any atom is -0.507 e. The number of hydrogen-bond donors (Lipinski definition) is 1. The van der Waals surface area contributed by atoms with E-state index in [1.54, 1.807) is 60.7 Å². The second-order valence-corrected chi connectivity index (χ2v) is 8.89. The monoisotopic (exact) mass is 511 g/mol. The lowest BCUT2D eigenvalue weighted by Gasteiger charge is -2.28. The van der Waals surface area contributed by atoms with Crippen molar-refractivity contribution >= 4 is 28.8 Å². The quantitative estimate of drug-likeness (QED) is 0.310. The average Bonchev–Trinajstić information content (AvgIpc) is 3.22. The first-order valence-corrected chi connectivity index (χ1v) is 11.9. The third-order valence-electron chi connectivity index (χ3n) is 6.77. The number of aliphatic hydroxyl groups excluding tert-OH is 1. The lowest BCUT2D eigenvalue weighted by atomic mass is 9.94. The molecular weight excluding hydrogens is 486 g/mol. The highest BCUT2D eigenvalue weighted by molar-refractivity contribution is 6.51. The summed E-state index contributed by atoms with van der Waals surface area (Å²) in [6.07, 6.45) is 0. The molecule has 1 unspecified atom stereocenters. The normalized spacial score (nSPS) is 18.0. The first kappa shape index (κ1) is 24.7. The second-order valence-electron chi connectivity index (χ2n) is 8.89. The molecular formula is C29H25N3O6. The van der Waals surface area contributed by atoms with E-state index in [1.165, 1.54) is 19.1 Å². The summed E-state index contributed by atoms with van der Waals surface area (Å²) < 4.78 is 16.5. The topological polar surface area (TPSA) is 112 Å². The molecule has 0 aliphatic carbocycles. The number of methoxy groups -OCH3 is 2. The van der Waals surface area contributed by atoms with Crippen LogP contribution in [-0.4, -0.2) is 51.2 Å². The molecule has 0 saturated carbocycles. The van der Waals surface area contributed by atoms with Crippen molar-refractivity contribution < 1.29 is 28.9 Å². The molecule has 3 aromatic rings. The van der Waals surface area contributed by atoms with Gasteiger partial charge in [0.15, 0.2) is 11.5 Å². The molecule has 1 fully saturated rings. The Hall–Kier alpha value is -4.97. The Morgan fingerprint density at radius 2 is 1.76 bits per heavy atom. The summed E-state index contributed by atoms with van der Waals surface area (Å²) >= 11 is 0. The lowest BCUT2D eigenvalue weighted by molar-refractivity contribution is -0.132. The van der Waals surface area contributed by atoms with Crippen LogP contribution in [0.15, 0.2) is 66.2 Å². The van der Waals surface area contributed by atoms with Crippen molar-refractivity contribution in [3.8, 4) is 23.3 Å². The van der Waals surface area contributed by atoms with E-state index >= 15 is 0 Å². The first-order chi connectivity index (χ1) is 18.4. The number of carbonyl (C=O) groups excluding carboxylic acids is 2. The highest BCUT2D eigenvalue weighted by Gasteiger charge is 2.47. The fraction of sp³-hybridized carbons (Fsp3) is 0.207. The number of hydrogen-bond acceptors (Lipinski definition) is 8. The molecule has 3 aromatic carbocycles. The predicted molar refractivity (Wildman–Crippen MR) is 141 cm³/mol. The van der Waals surface area contributed by atoms with Gasteiger partial charge < -0.3 is 24.2 Å². The van der Waals surface area contributed by atoms with Crippen LogP contribution in [0.2, 0.25) is 0 Å². The summed E-state index contributed by atoms with van der Waals surface area (Å²) in [5.41, 5.74) is 2.43. The lowest BCUT2D eigenvalue weighted by Crippen LogP contribution is -2.29. The van der Waals surface area contributed by atoms with E-state index in [0.717, 1.165) is 5.69 Å². The summed E-state index contributed by atoms with van der Waals surface area (Å²) in [7, 11) is 4.92. The number of Topliss-reactive ketones (excluding diaryl/α,β-unsaturated/α-hetero) is 1. The van der Waals surface area contributed by atoms with E-state index in [9.17, 15) is 20.0 Å². The molecule has 5 rings (SSSR count). The van der Waals surface area contributed by atoms with Gasteiger partial charge in [-0.1, -0.05) is 6.07 Å². The van der Waals surface area contributed by atoms with Gasteiger partial charge in [0.05, 0.1) is 49.7 Å². The molecule has 0 aromatic heterocycles. The molecule has 2 aliphatic heterocycles. The largest absolute Gasteiger partial charge is 0.507 e. The molecule has 9 heteroatoms. The highest BCUT2D eigenvalue weighted by atomic mass is 16.5. The first-order valence-electron chi connectivity index (χ1n) is 11.9. The number of amides is 1. The number of ketones is 1. The number of fused-ring (bicyclic) bond motifs is 1. The average molecular weight is 512 g/mol. The van der Waals surface area contributed by atoms with E-state index in [-0.39, 0.29) is 11.3 Å². The number of nitriles is 1. The minimum atomic E-state index is -0.965. The predicted octanol–water partition coefficient (Wildman–Crippen LogP) is 4.03. The van der Waals surface area contributed by atoms with Gasteiger partial charge in [0, 0.05) is 18.3 Å². The number of aliphatic hydroxyl groups is 1. The van der Waals surface area contributed by atoms with Crippen molar-refractivity contribution in [1.82, 2.24) is 0 Å². The Morgan fingerprint density at radius 1 is 1.03 bits per heavy atom. The Kier molecular flexibility index (Phi) is 6.39. The van der Waals surface area contributed by atoms with Gasteiger partial charge in [-0.15, -0.1) is 0 Å². The third-order valence-corrected chi connectivity index (χ3v) is 6.77. The van der Waals surface area contributed by atoms with E-state index in [1.807, 2.05) is 18.0 Å². The summed E-state index contributed by atoms with van der Waals surface area (Å²) in [6.45, 7) is 1.22. The van der Waals surface area contributed by atoms with E-state index < -0.39 is 17.7 Å². The van der Waals surface area contributed by atoms with Crippen molar-refractivity contribution in [1.29, 1.82) is 5.26 Å². The van der Waals surface area contributed by atoms with Crippen LogP contribution in [0.1, 0.15) is 22.7 Å².